The Kier molecular flexibility index (Phi) is 6.97. The van der Waals surface area contributed by atoms with Gasteiger partial charge in [-0.1, -0.05) is 30.7 Å². The number of amides is 1. The Balaban J connectivity index is 1.92. The number of hydrogen-bond acceptors (Lipinski definition) is 6. The van der Waals surface area contributed by atoms with Gasteiger partial charge in [-0.25, -0.2) is 0 Å². The van der Waals surface area contributed by atoms with Crippen molar-refractivity contribution >= 4 is 34.6 Å². The summed E-state index contributed by atoms with van der Waals surface area (Å²) < 4.78 is 2.08. The maximum Gasteiger partial charge on any atom is 0.225 e. The number of halogens is 1. The molecule has 0 fully saturated rings. The number of nitrogens with zero attached hydrogens (tertiary/aromatic N) is 4. The SMILES string of the molecule is CC[C@@H](C(=O)NCCCN)[C@@H]1N=C(c2ccc(Cl)cc2)c2c(sc(C)c2C)-n2c(C)nnc21. The number of rotatable bonds is 7. The van der Waals surface area contributed by atoms with E-state index >= 15 is 0 Å². The van der Waals surface area contributed by atoms with Gasteiger partial charge in [-0.2, -0.15) is 0 Å². The highest BCUT2D eigenvalue weighted by Gasteiger charge is 2.37. The summed E-state index contributed by atoms with van der Waals surface area (Å²) in [6.07, 6.45) is 1.35. The molecule has 2 aromatic heterocycles. The summed E-state index contributed by atoms with van der Waals surface area (Å²) in [5.41, 5.74) is 9.65. The molecule has 1 aliphatic rings. The largest absolute Gasteiger partial charge is 0.356 e. The van der Waals surface area contributed by atoms with Crippen LogP contribution in [0.5, 0.6) is 0 Å². The second kappa shape index (κ2) is 9.75. The minimum atomic E-state index is -0.473. The van der Waals surface area contributed by atoms with Crippen LogP contribution in [0.25, 0.3) is 5.00 Å². The zero-order chi connectivity index (χ0) is 23.7. The Hall–Kier alpha value is -2.55. The summed E-state index contributed by atoms with van der Waals surface area (Å²) in [6, 6.07) is 7.23. The monoisotopic (exact) mass is 484 g/mol. The number of fused-ring (bicyclic) bond motifs is 3. The number of aliphatic imine (C=N–C) groups is 1. The van der Waals surface area contributed by atoms with Crippen molar-refractivity contribution in [2.24, 2.45) is 16.6 Å². The fraction of sp³-hybridized carbons (Fsp3) is 0.417. The van der Waals surface area contributed by atoms with Gasteiger partial charge in [0, 0.05) is 27.6 Å². The normalized spacial score (nSPS) is 15.9. The Morgan fingerprint density at radius 3 is 2.64 bits per heavy atom. The van der Waals surface area contributed by atoms with Crippen LogP contribution in [0.4, 0.5) is 0 Å². The van der Waals surface area contributed by atoms with Gasteiger partial charge in [0.2, 0.25) is 5.91 Å². The molecule has 0 radical (unpaired) electrons. The predicted molar refractivity (Wildman–Crippen MR) is 134 cm³/mol. The van der Waals surface area contributed by atoms with Crippen LogP contribution in [0.2, 0.25) is 5.02 Å². The summed E-state index contributed by atoms with van der Waals surface area (Å²) in [5.74, 6) is 1.05. The number of aryl methyl sites for hydroxylation is 2. The van der Waals surface area contributed by atoms with Gasteiger partial charge < -0.3 is 11.1 Å². The standard InChI is InChI=1S/C24H29ClN6OS/c1-5-18(23(32)27-12-6-11-26)21-22-30-29-15(4)31(22)24-19(13(2)14(3)33-24)20(28-21)16-7-9-17(25)10-8-16/h7-10,18,21H,5-6,11-12,26H2,1-4H3,(H,27,32)/t18-,21+/m1/s1. The molecule has 7 nitrogen and oxygen atoms in total. The molecule has 3 heterocycles. The molecule has 4 rings (SSSR count). The molecule has 33 heavy (non-hydrogen) atoms. The molecule has 3 N–H and O–H groups in total. The van der Waals surface area contributed by atoms with Crippen molar-refractivity contribution in [3.63, 3.8) is 0 Å². The molecule has 3 aromatic rings. The van der Waals surface area contributed by atoms with Crippen molar-refractivity contribution in [2.75, 3.05) is 13.1 Å². The number of aromatic nitrogens is 3. The molecule has 0 unspecified atom stereocenters. The van der Waals surface area contributed by atoms with Crippen LogP contribution in [0, 0.1) is 26.7 Å². The fourth-order valence-electron chi connectivity index (χ4n) is 4.22. The van der Waals surface area contributed by atoms with Crippen LogP contribution in [0.15, 0.2) is 29.3 Å². The van der Waals surface area contributed by atoms with E-state index in [-0.39, 0.29) is 11.8 Å². The van der Waals surface area contributed by atoms with Crippen LogP contribution < -0.4 is 11.1 Å². The molecular weight excluding hydrogens is 456 g/mol. The lowest BCUT2D eigenvalue weighted by Crippen LogP contribution is -2.35. The molecule has 0 saturated heterocycles. The zero-order valence-electron chi connectivity index (χ0n) is 19.4. The Morgan fingerprint density at radius 1 is 1.24 bits per heavy atom. The number of carbonyl (C=O) groups excluding carboxylic acids is 1. The minimum Gasteiger partial charge on any atom is -0.356 e. The third-order valence-corrected chi connectivity index (χ3v) is 7.59. The number of hydrogen-bond donors (Lipinski definition) is 2. The van der Waals surface area contributed by atoms with E-state index < -0.39 is 6.04 Å². The third-order valence-electron chi connectivity index (χ3n) is 6.14. The Labute approximate surface area is 203 Å². The second-order valence-corrected chi connectivity index (χ2v) is 9.92. The zero-order valence-corrected chi connectivity index (χ0v) is 20.9. The molecular formula is C24H29ClN6OS. The maximum absolute atomic E-state index is 13.2. The average Bonchev–Trinajstić information content (AvgIpc) is 3.26. The van der Waals surface area contributed by atoms with Gasteiger partial charge in [0.1, 0.15) is 16.9 Å². The van der Waals surface area contributed by atoms with E-state index in [0.717, 1.165) is 34.1 Å². The van der Waals surface area contributed by atoms with Crippen LogP contribution in [0.3, 0.4) is 0 Å². The molecule has 1 amide bonds. The van der Waals surface area contributed by atoms with Gasteiger partial charge in [0.25, 0.3) is 0 Å². The first kappa shape index (κ1) is 23.6. The van der Waals surface area contributed by atoms with E-state index in [2.05, 4.69) is 33.9 Å². The first-order valence-electron chi connectivity index (χ1n) is 11.2. The molecule has 174 valence electrons. The molecule has 0 bridgehead atoms. The van der Waals surface area contributed by atoms with Crippen LogP contribution >= 0.6 is 22.9 Å². The van der Waals surface area contributed by atoms with Crippen molar-refractivity contribution in [1.29, 1.82) is 0 Å². The second-order valence-electron chi connectivity index (χ2n) is 8.28. The third kappa shape index (κ3) is 4.35. The van der Waals surface area contributed by atoms with E-state index in [9.17, 15) is 4.79 Å². The fourth-order valence-corrected chi connectivity index (χ4v) is 5.56. The van der Waals surface area contributed by atoms with Gasteiger partial charge in [0.15, 0.2) is 5.82 Å². The average molecular weight is 485 g/mol. The molecule has 0 saturated carbocycles. The highest BCUT2D eigenvalue weighted by Crippen LogP contribution is 2.41. The smallest absolute Gasteiger partial charge is 0.225 e. The number of nitrogens with one attached hydrogen (secondary N) is 1. The van der Waals surface area contributed by atoms with E-state index in [4.69, 9.17) is 22.3 Å². The van der Waals surface area contributed by atoms with Crippen molar-refractivity contribution in [3.05, 3.63) is 62.5 Å². The first-order valence-corrected chi connectivity index (χ1v) is 12.4. The van der Waals surface area contributed by atoms with Crippen LogP contribution in [-0.2, 0) is 4.79 Å². The van der Waals surface area contributed by atoms with Gasteiger partial charge in [-0.05, 0) is 57.9 Å². The molecule has 0 spiro atoms. The summed E-state index contributed by atoms with van der Waals surface area (Å²) in [5, 5.41) is 13.6. The number of carbonyl (C=O) groups is 1. The number of nitrogens with two attached hydrogens (primary N) is 1. The lowest BCUT2D eigenvalue weighted by atomic mass is 9.94. The highest BCUT2D eigenvalue weighted by atomic mass is 35.5. The van der Waals surface area contributed by atoms with E-state index in [0.29, 0.717) is 30.4 Å². The summed E-state index contributed by atoms with van der Waals surface area (Å²) >= 11 is 7.88. The molecule has 0 aliphatic carbocycles. The molecule has 1 aromatic carbocycles. The van der Waals surface area contributed by atoms with E-state index in [1.165, 1.54) is 10.4 Å². The summed E-state index contributed by atoms with van der Waals surface area (Å²) in [4.78, 5) is 19.7. The number of thiophene rings is 1. The quantitative estimate of drug-likeness (QED) is 0.488. The molecule has 9 heteroatoms. The Morgan fingerprint density at radius 2 is 1.97 bits per heavy atom. The molecule has 2 atom stereocenters. The van der Waals surface area contributed by atoms with E-state index in [1.54, 1.807) is 11.3 Å². The number of benzene rings is 1. The van der Waals surface area contributed by atoms with Gasteiger partial charge in [-0.3, -0.25) is 14.4 Å². The summed E-state index contributed by atoms with van der Waals surface area (Å²) in [6.45, 7) is 9.26. The topological polar surface area (TPSA) is 98.2 Å². The van der Waals surface area contributed by atoms with Gasteiger partial charge >= 0.3 is 0 Å². The lowest BCUT2D eigenvalue weighted by Gasteiger charge is -2.22. The van der Waals surface area contributed by atoms with Crippen molar-refractivity contribution in [3.8, 4) is 5.00 Å². The summed E-state index contributed by atoms with van der Waals surface area (Å²) in [7, 11) is 0. The van der Waals surface area contributed by atoms with Crippen LogP contribution in [-0.4, -0.2) is 39.5 Å². The molecule has 1 aliphatic heterocycles. The van der Waals surface area contributed by atoms with Crippen molar-refractivity contribution in [1.82, 2.24) is 20.1 Å². The van der Waals surface area contributed by atoms with Crippen molar-refractivity contribution in [2.45, 2.75) is 46.6 Å². The predicted octanol–water partition coefficient (Wildman–Crippen LogP) is 4.29. The highest BCUT2D eigenvalue weighted by molar-refractivity contribution is 7.15. The Bertz CT molecular complexity index is 1200. The van der Waals surface area contributed by atoms with Crippen molar-refractivity contribution < 1.29 is 4.79 Å². The first-order chi connectivity index (χ1) is 15.9. The van der Waals surface area contributed by atoms with E-state index in [1.807, 2.05) is 38.1 Å². The van der Waals surface area contributed by atoms with Gasteiger partial charge in [-0.15, -0.1) is 21.5 Å². The minimum absolute atomic E-state index is 0.0412. The maximum atomic E-state index is 13.2. The van der Waals surface area contributed by atoms with Gasteiger partial charge in [0.05, 0.1) is 11.6 Å². The van der Waals surface area contributed by atoms with Crippen LogP contribution in [0.1, 0.15) is 59.0 Å². The lowest BCUT2D eigenvalue weighted by molar-refractivity contribution is -0.125.